The van der Waals surface area contributed by atoms with E-state index in [9.17, 15) is 34.5 Å². The first-order valence-electron chi connectivity index (χ1n) is 12.3. The maximum absolute atomic E-state index is 12.7. The fourth-order valence-electron chi connectivity index (χ4n) is 4.43. The molecule has 2 aliphatic rings. The molecule has 1 fully saturated rings. The molecular formula is C25H30N4O11. The van der Waals surface area contributed by atoms with Gasteiger partial charge in [0.25, 0.3) is 11.5 Å². The third-order valence-corrected chi connectivity index (χ3v) is 6.47. The minimum absolute atomic E-state index is 0.0475. The van der Waals surface area contributed by atoms with E-state index < -0.39 is 66.1 Å². The highest BCUT2D eigenvalue weighted by molar-refractivity contribution is 5.91. The van der Waals surface area contributed by atoms with Crippen molar-refractivity contribution in [2.75, 3.05) is 13.7 Å². The first-order chi connectivity index (χ1) is 19.1. The molecule has 1 aromatic carbocycles. The number of carbonyl (C=O) groups excluding carboxylic acids is 2. The van der Waals surface area contributed by atoms with Crippen LogP contribution < -0.4 is 22.3 Å². The number of hydrogen-bond acceptors (Lipinski definition) is 11. The van der Waals surface area contributed by atoms with Crippen LogP contribution in [-0.4, -0.2) is 87.1 Å². The van der Waals surface area contributed by atoms with Gasteiger partial charge in [0.1, 0.15) is 30.2 Å². The monoisotopic (exact) mass is 562 g/mol. The Morgan fingerprint density at radius 3 is 2.60 bits per heavy atom. The molecule has 0 saturated carbocycles. The van der Waals surface area contributed by atoms with Crippen molar-refractivity contribution < 1.29 is 43.9 Å². The van der Waals surface area contributed by atoms with Crippen LogP contribution in [0.15, 0.2) is 58.0 Å². The summed E-state index contributed by atoms with van der Waals surface area (Å²) in [6.07, 6.45) is -7.02. The quantitative estimate of drug-likeness (QED) is 0.181. The lowest BCUT2D eigenvalue weighted by Gasteiger charge is -2.33. The second-order valence-corrected chi connectivity index (χ2v) is 9.19. The Bertz CT molecular complexity index is 1360. The average molecular weight is 563 g/mol. The molecule has 3 heterocycles. The van der Waals surface area contributed by atoms with Crippen LogP contribution in [0.3, 0.4) is 0 Å². The van der Waals surface area contributed by atoms with E-state index in [4.69, 9.17) is 24.7 Å². The van der Waals surface area contributed by atoms with Gasteiger partial charge < -0.3 is 45.3 Å². The summed E-state index contributed by atoms with van der Waals surface area (Å²) in [4.78, 5) is 50.8. The van der Waals surface area contributed by atoms with Crippen LogP contribution in [0.5, 0.6) is 5.75 Å². The Morgan fingerprint density at radius 1 is 1.23 bits per heavy atom. The number of H-pyrrole nitrogens is 1. The number of aromatic nitrogens is 2. The third-order valence-electron chi connectivity index (χ3n) is 6.47. The zero-order valence-corrected chi connectivity index (χ0v) is 21.3. The zero-order valence-electron chi connectivity index (χ0n) is 21.3. The van der Waals surface area contributed by atoms with E-state index in [1.165, 1.54) is 25.3 Å². The highest BCUT2D eigenvalue weighted by atomic mass is 16.7. The lowest BCUT2D eigenvalue weighted by atomic mass is 10.0. The van der Waals surface area contributed by atoms with Gasteiger partial charge >= 0.3 is 5.69 Å². The van der Waals surface area contributed by atoms with Gasteiger partial charge in [0.05, 0.1) is 0 Å². The van der Waals surface area contributed by atoms with Gasteiger partial charge in [0.2, 0.25) is 12.2 Å². The van der Waals surface area contributed by atoms with E-state index in [1.807, 2.05) is 4.98 Å². The van der Waals surface area contributed by atoms with Crippen molar-refractivity contribution >= 4 is 11.8 Å². The van der Waals surface area contributed by atoms with Crippen molar-refractivity contribution in [2.45, 2.75) is 55.9 Å². The highest BCUT2D eigenvalue weighted by Gasteiger charge is 2.52. The van der Waals surface area contributed by atoms with Gasteiger partial charge in [0.15, 0.2) is 18.1 Å². The van der Waals surface area contributed by atoms with Crippen molar-refractivity contribution in [1.82, 2.24) is 14.9 Å². The average Bonchev–Trinajstić information content (AvgIpc) is 3.24. The van der Waals surface area contributed by atoms with Crippen molar-refractivity contribution in [1.29, 1.82) is 0 Å². The molecule has 7 N–H and O–H groups in total. The molecule has 2 aliphatic heterocycles. The Morgan fingerprint density at radius 2 is 1.95 bits per heavy atom. The Kier molecular flexibility index (Phi) is 9.01. The minimum atomic E-state index is -1.65. The molecule has 2 aromatic rings. The molecule has 1 aromatic heterocycles. The Balaban J connectivity index is 1.43. The zero-order chi connectivity index (χ0) is 29.0. The van der Waals surface area contributed by atoms with E-state index in [0.29, 0.717) is 6.42 Å². The number of nitrogens with zero attached hydrogens (tertiary/aromatic N) is 1. The van der Waals surface area contributed by atoms with Gasteiger partial charge in [-0.15, -0.1) is 0 Å². The lowest BCUT2D eigenvalue weighted by molar-refractivity contribution is -0.228. The molecule has 2 amide bonds. The molecule has 1 saturated heterocycles. The number of phenolic OH excluding ortho intramolecular Hbond substituents is 1. The number of phenols is 1. The Hall–Kier alpha value is -4.02. The minimum Gasteiger partial charge on any atom is -0.508 e. The number of nitrogens with one attached hydrogen (secondary N) is 2. The molecule has 0 aliphatic carbocycles. The molecule has 0 radical (unpaired) electrons. The van der Waals surface area contributed by atoms with Crippen molar-refractivity contribution in [2.24, 2.45) is 5.73 Å². The van der Waals surface area contributed by atoms with Gasteiger partial charge in [-0.25, -0.2) is 4.79 Å². The van der Waals surface area contributed by atoms with E-state index in [1.54, 1.807) is 12.1 Å². The number of primary amides is 1. The van der Waals surface area contributed by atoms with E-state index in [2.05, 4.69) is 5.32 Å². The number of aromatic hydroxyl groups is 1. The highest BCUT2D eigenvalue weighted by Crippen LogP contribution is 2.34. The van der Waals surface area contributed by atoms with Crippen LogP contribution in [0.4, 0.5) is 0 Å². The summed E-state index contributed by atoms with van der Waals surface area (Å²) in [6.45, 7) is 0.247. The summed E-state index contributed by atoms with van der Waals surface area (Å²) in [6, 6.07) is 7.55. The Labute approximate surface area is 226 Å². The van der Waals surface area contributed by atoms with Gasteiger partial charge in [-0.3, -0.25) is 23.9 Å². The predicted octanol–water partition coefficient (Wildman–Crippen LogP) is -2.26. The van der Waals surface area contributed by atoms with E-state index in [0.717, 1.165) is 22.4 Å². The van der Waals surface area contributed by atoms with Gasteiger partial charge in [0, 0.05) is 32.3 Å². The number of benzene rings is 1. The van der Waals surface area contributed by atoms with Crippen molar-refractivity contribution in [3.8, 4) is 5.75 Å². The van der Waals surface area contributed by atoms with E-state index >= 15 is 0 Å². The molecule has 0 spiro atoms. The summed E-state index contributed by atoms with van der Waals surface area (Å²) in [7, 11) is 1.23. The summed E-state index contributed by atoms with van der Waals surface area (Å²) in [5, 5.41) is 33.3. The fraction of sp³-hybridized carbons (Fsp3) is 0.440. The summed E-state index contributed by atoms with van der Waals surface area (Å²) in [5.74, 6) is -1.67. The van der Waals surface area contributed by atoms with Crippen LogP contribution in [0.2, 0.25) is 0 Å². The van der Waals surface area contributed by atoms with Crippen LogP contribution in [0.1, 0.15) is 18.2 Å². The molecule has 216 valence electrons. The summed E-state index contributed by atoms with van der Waals surface area (Å²) >= 11 is 0. The summed E-state index contributed by atoms with van der Waals surface area (Å²) < 4.78 is 23.2. The third kappa shape index (κ3) is 6.40. The van der Waals surface area contributed by atoms with Crippen LogP contribution in [0.25, 0.3) is 0 Å². The summed E-state index contributed by atoms with van der Waals surface area (Å²) in [5.41, 5.74) is 4.90. The maximum Gasteiger partial charge on any atom is 0.330 e. The SMILES string of the molecule is CO[C@H]1[C@@H](O)[C@H](n2ccc(=O)[nH]c2=O)O[C@@H]1[C@@H](O[C@H]1OC(C(=O)NCCc2ccc(O)cc2)=CC[C@@H]1O)C(N)=O. The number of aliphatic hydroxyl groups excluding tert-OH is 2. The number of nitrogens with two attached hydrogens (primary N) is 1. The second-order valence-electron chi connectivity index (χ2n) is 9.19. The van der Waals surface area contributed by atoms with Crippen LogP contribution >= 0.6 is 0 Å². The molecule has 7 atom stereocenters. The number of methoxy groups -OCH3 is 1. The van der Waals surface area contributed by atoms with Crippen LogP contribution in [0, 0.1) is 0 Å². The fourth-order valence-corrected chi connectivity index (χ4v) is 4.43. The number of ether oxygens (including phenoxy) is 4. The smallest absolute Gasteiger partial charge is 0.330 e. The number of hydrogen-bond donors (Lipinski definition) is 6. The topological polar surface area (TPSA) is 225 Å². The number of aliphatic hydroxyl groups is 2. The molecule has 15 nitrogen and oxygen atoms in total. The normalized spacial score (nSPS) is 26.9. The molecule has 0 unspecified atom stereocenters. The van der Waals surface area contributed by atoms with Crippen molar-refractivity contribution in [3.63, 3.8) is 0 Å². The number of aromatic amines is 1. The number of amides is 2. The molecule has 40 heavy (non-hydrogen) atoms. The van der Waals surface area contributed by atoms with Gasteiger partial charge in [-0.2, -0.15) is 0 Å². The van der Waals surface area contributed by atoms with Crippen LogP contribution in [-0.2, 0) is 35.0 Å². The number of carbonyl (C=O) groups is 2. The standard InChI is InChI=1S/C25H30N4O11/c1-37-18-17(33)23(29-11-9-16(32)28-25(29)36)39-19(18)20(21(26)34)40-24-14(31)6-7-15(38-24)22(35)27-10-8-12-2-4-13(30)5-3-12/h2-5,7,9,11,14,17-20,23-24,30-31,33H,6,8,10H2,1H3,(H2,26,34)(H,27,35)(H,28,32,36)/t14-,17+,18-,19-,20+,23+,24+/m0/s1. The van der Waals surface area contributed by atoms with E-state index in [-0.39, 0.29) is 24.5 Å². The largest absolute Gasteiger partial charge is 0.508 e. The first-order valence-corrected chi connectivity index (χ1v) is 12.3. The lowest BCUT2D eigenvalue weighted by Crippen LogP contribution is -2.52. The van der Waals surface area contributed by atoms with Crippen molar-refractivity contribution in [3.05, 3.63) is 74.8 Å². The molecular weight excluding hydrogens is 532 g/mol. The first kappa shape index (κ1) is 29.0. The molecule has 4 rings (SSSR count). The molecule has 15 heteroatoms. The number of rotatable bonds is 10. The maximum atomic E-state index is 12.7. The van der Waals surface area contributed by atoms with Gasteiger partial charge in [-0.05, 0) is 30.2 Å². The predicted molar refractivity (Wildman–Crippen MR) is 135 cm³/mol. The molecule has 0 bridgehead atoms. The second kappa shape index (κ2) is 12.4. The van der Waals surface area contributed by atoms with Gasteiger partial charge in [-0.1, -0.05) is 12.1 Å².